The van der Waals surface area contributed by atoms with Crippen molar-refractivity contribution in [2.24, 2.45) is 51.3 Å². The van der Waals surface area contributed by atoms with E-state index in [-0.39, 0.29) is 5.41 Å². The summed E-state index contributed by atoms with van der Waals surface area (Å²) in [5.41, 5.74) is 4.62. The lowest BCUT2D eigenvalue weighted by molar-refractivity contribution is -0.0314. The third-order valence-electron chi connectivity index (χ3n) is 10.6. The minimum Gasteiger partial charge on any atom is -0.245 e. The highest BCUT2D eigenvalue weighted by molar-refractivity contribution is 6.64. The molecule has 2 heteroatoms. The Hall–Kier alpha value is -1.08. The smallest absolute Gasteiger partial charge is 0.103 e. The second kappa shape index (κ2) is 8.25. The van der Waals surface area contributed by atoms with E-state index in [2.05, 4.69) is 31.4 Å². The van der Waals surface area contributed by atoms with Gasteiger partial charge in [0.2, 0.25) is 0 Å². The van der Waals surface area contributed by atoms with Crippen molar-refractivity contribution < 1.29 is 0 Å². The Bertz CT molecular complexity index is 856. The Morgan fingerprint density at radius 1 is 0.788 bits per heavy atom. The van der Waals surface area contributed by atoms with Crippen LogP contribution in [0.3, 0.4) is 0 Å². The number of allylic oxidation sites excluding steroid dienone is 6. The zero-order valence-electron chi connectivity index (χ0n) is 20.6. The van der Waals surface area contributed by atoms with E-state index in [0.29, 0.717) is 10.6 Å². The zero-order chi connectivity index (χ0) is 22.8. The van der Waals surface area contributed by atoms with E-state index in [4.69, 9.17) is 16.6 Å². The van der Waals surface area contributed by atoms with E-state index in [1.807, 2.05) is 6.92 Å². The van der Waals surface area contributed by atoms with Crippen molar-refractivity contribution in [3.05, 3.63) is 48.2 Å². The van der Waals surface area contributed by atoms with Gasteiger partial charge in [0, 0.05) is 11.1 Å². The van der Waals surface area contributed by atoms with Crippen LogP contribution in [0.4, 0.5) is 0 Å². The lowest BCUT2D eigenvalue weighted by atomic mass is 9.47. The molecule has 8 saturated carbocycles. The predicted molar refractivity (Wildman–Crippen MR) is 140 cm³/mol. The van der Waals surface area contributed by atoms with Gasteiger partial charge >= 0.3 is 0 Å². The van der Waals surface area contributed by atoms with Crippen LogP contribution in [-0.2, 0) is 0 Å². The van der Waals surface area contributed by atoms with Gasteiger partial charge in [0.25, 0.3) is 0 Å². The molecule has 0 saturated heterocycles. The fourth-order valence-corrected chi connectivity index (χ4v) is 10.5. The summed E-state index contributed by atoms with van der Waals surface area (Å²) in [5, 5.41) is 0.668. The largest absolute Gasteiger partial charge is 0.245 e. The quantitative estimate of drug-likeness (QED) is 0.203. The molecule has 0 radical (unpaired) electrons. The summed E-state index contributed by atoms with van der Waals surface area (Å²) < 4.78 is 0. The van der Waals surface area contributed by atoms with Gasteiger partial charge in [-0.3, -0.25) is 0 Å². The molecule has 8 bridgehead atoms. The first-order valence-electron chi connectivity index (χ1n) is 13.8. The molecule has 33 heavy (non-hydrogen) atoms. The van der Waals surface area contributed by atoms with Gasteiger partial charge in [-0.2, -0.15) is 0 Å². The number of aliphatic imine (C=N–C) groups is 1. The van der Waals surface area contributed by atoms with E-state index in [9.17, 15) is 0 Å². The molecule has 0 aliphatic heterocycles. The molecule has 0 N–H and O–H groups in total. The van der Waals surface area contributed by atoms with Crippen LogP contribution in [0.15, 0.2) is 53.2 Å². The number of rotatable bonds is 7. The van der Waals surface area contributed by atoms with Gasteiger partial charge in [0.05, 0.1) is 0 Å². The van der Waals surface area contributed by atoms with Crippen molar-refractivity contribution in [1.29, 1.82) is 0 Å². The van der Waals surface area contributed by atoms with Gasteiger partial charge in [0.15, 0.2) is 0 Å². The summed E-state index contributed by atoms with van der Waals surface area (Å²) in [6.45, 7) is 10.7. The van der Waals surface area contributed by atoms with Crippen LogP contribution < -0.4 is 0 Å². The van der Waals surface area contributed by atoms with Gasteiger partial charge in [-0.05, 0) is 143 Å². The Balaban J connectivity index is 1.33. The summed E-state index contributed by atoms with van der Waals surface area (Å²) in [6.07, 6.45) is 24.9. The molecule has 0 heterocycles. The van der Waals surface area contributed by atoms with Crippen LogP contribution in [-0.4, -0.2) is 5.17 Å². The lowest BCUT2D eigenvalue weighted by Crippen LogP contribution is -2.47. The van der Waals surface area contributed by atoms with Crippen LogP contribution in [0.25, 0.3) is 0 Å². The lowest BCUT2D eigenvalue weighted by Gasteiger charge is -2.58. The second-order valence-corrected chi connectivity index (χ2v) is 13.8. The maximum absolute atomic E-state index is 6.41. The Labute approximate surface area is 206 Å². The molecule has 8 fully saturated rings. The van der Waals surface area contributed by atoms with Gasteiger partial charge in [-0.1, -0.05) is 35.9 Å². The minimum absolute atomic E-state index is 0.237. The monoisotopic (exact) mass is 463 g/mol. The molecular weight excluding hydrogens is 422 g/mol. The van der Waals surface area contributed by atoms with Gasteiger partial charge in [-0.15, -0.1) is 6.58 Å². The van der Waals surface area contributed by atoms with Crippen LogP contribution >= 0.6 is 11.6 Å². The SMILES string of the molecule is C=CC/C(=C\C(=C)/C=C(\N=C(C)Cl)C12CC3CC(CC(C3)C1)C2)C12CC3CC(CC(C3)C1)C2. The van der Waals surface area contributed by atoms with Crippen molar-refractivity contribution in [1.82, 2.24) is 0 Å². The van der Waals surface area contributed by atoms with Gasteiger partial charge in [0.1, 0.15) is 5.17 Å². The fourth-order valence-electron chi connectivity index (χ4n) is 10.4. The van der Waals surface area contributed by atoms with Crippen LogP contribution in [0, 0.1) is 46.3 Å². The molecule has 0 spiro atoms. The van der Waals surface area contributed by atoms with Crippen LogP contribution in [0.1, 0.15) is 90.4 Å². The van der Waals surface area contributed by atoms with Crippen molar-refractivity contribution >= 4 is 16.8 Å². The molecule has 0 atom stereocenters. The Kier molecular flexibility index (Phi) is 5.60. The standard InChI is InChI=1S/C31H42ClN/c1-4-5-28(30-14-22-8-23(15-30)10-24(9-22)16-30)6-20(2)7-29(33-21(3)32)31-17-25-11-26(18-31)13-27(12-25)19-31/h4,6-7,22-27H,1-2,5,8-19H2,3H3/b28-6+,29-7-,33-21?. The summed E-state index contributed by atoms with van der Waals surface area (Å²) in [7, 11) is 0. The van der Waals surface area contributed by atoms with Gasteiger partial charge in [-0.25, -0.2) is 4.99 Å². The van der Waals surface area contributed by atoms with Gasteiger partial charge < -0.3 is 0 Å². The molecule has 0 unspecified atom stereocenters. The molecule has 0 aromatic carbocycles. The molecule has 8 aliphatic carbocycles. The summed E-state index contributed by atoms with van der Waals surface area (Å²) in [4.78, 5) is 4.99. The number of hydrogen-bond acceptors (Lipinski definition) is 1. The predicted octanol–water partition coefficient (Wildman–Crippen LogP) is 9.02. The number of halogens is 1. The van der Waals surface area contributed by atoms with Crippen LogP contribution in [0.5, 0.6) is 0 Å². The summed E-state index contributed by atoms with van der Waals surface area (Å²) >= 11 is 6.41. The van der Waals surface area contributed by atoms with Crippen molar-refractivity contribution in [3.8, 4) is 0 Å². The molecule has 8 rings (SSSR count). The first-order chi connectivity index (χ1) is 15.8. The van der Waals surface area contributed by atoms with Crippen LogP contribution in [0.2, 0.25) is 0 Å². The van der Waals surface area contributed by atoms with E-state index in [0.717, 1.165) is 47.5 Å². The second-order valence-electron chi connectivity index (χ2n) is 13.3. The maximum atomic E-state index is 6.41. The Morgan fingerprint density at radius 2 is 1.21 bits per heavy atom. The first-order valence-corrected chi connectivity index (χ1v) is 14.2. The third kappa shape index (κ3) is 4.05. The van der Waals surface area contributed by atoms with E-state index >= 15 is 0 Å². The maximum Gasteiger partial charge on any atom is 0.103 e. The molecule has 8 aliphatic rings. The van der Waals surface area contributed by atoms with E-state index < -0.39 is 0 Å². The normalized spacial score (nSPS) is 46.2. The molecule has 1 nitrogen and oxygen atoms in total. The molecular formula is C31H42ClN. The van der Waals surface area contributed by atoms with E-state index in [1.165, 1.54) is 82.7 Å². The highest BCUT2D eigenvalue weighted by Crippen LogP contribution is 2.64. The topological polar surface area (TPSA) is 12.4 Å². The highest BCUT2D eigenvalue weighted by atomic mass is 35.5. The molecule has 0 amide bonds. The first kappa shape index (κ1) is 22.4. The van der Waals surface area contributed by atoms with Crippen molar-refractivity contribution in [2.45, 2.75) is 90.4 Å². The number of nitrogens with zero attached hydrogens (tertiary/aromatic N) is 1. The average molecular weight is 464 g/mol. The highest BCUT2D eigenvalue weighted by Gasteiger charge is 2.53. The average Bonchev–Trinajstić information content (AvgIpc) is 2.71. The van der Waals surface area contributed by atoms with Crippen molar-refractivity contribution in [2.75, 3.05) is 0 Å². The van der Waals surface area contributed by atoms with Crippen molar-refractivity contribution in [3.63, 3.8) is 0 Å². The molecule has 0 aromatic rings. The fraction of sp³-hybridized carbons (Fsp3) is 0.710. The zero-order valence-corrected chi connectivity index (χ0v) is 21.4. The Morgan fingerprint density at radius 3 is 1.61 bits per heavy atom. The molecule has 0 aromatic heterocycles. The number of hydrogen-bond donors (Lipinski definition) is 0. The summed E-state index contributed by atoms with van der Waals surface area (Å²) in [5.74, 6) is 5.57. The van der Waals surface area contributed by atoms with E-state index in [1.54, 1.807) is 5.57 Å². The summed E-state index contributed by atoms with van der Waals surface area (Å²) in [6, 6.07) is 0. The molecule has 178 valence electrons. The minimum atomic E-state index is 0.237. The third-order valence-corrected chi connectivity index (χ3v) is 10.7.